The van der Waals surface area contributed by atoms with Crippen molar-refractivity contribution in [1.29, 1.82) is 0 Å². The van der Waals surface area contributed by atoms with E-state index in [4.69, 9.17) is 18.6 Å². The Hall–Kier alpha value is -1.28. The van der Waals surface area contributed by atoms with Gasteiger partial charge in [-0.2, -0.15) is 4.40 Å². The lowest BCUT2D eigenvalue weighted by atomic mass is 10.2. The van der Waals surface area contributed by atoms with Crippen molar-refractivity contribution in [2.45, 2.75) is 0 Å². The van der Waals surface area contributed by atoms with E-state index in [9.17, 15) is 0 Å². The molecule has 2 heterocycles. The lowest BCUT2D eigenvalue weighted by Crippen LogP contribution is -2.68. The average Bonchev–Trinajstić information content (AvgIpc) is 2.75. The van der Waals surface area contributed by atoms with Crippen LogP contribution in [-0.4, -0.2) is 0 Å². The smallest absolute Gasteiger partial charge is 0.222 e. The van der Waals surface area contributed by atoms with Gasteiger partial charge in [0.2, 0.25) is 5.52 Å². The van der Waals surface area contributed by atoms with Gasteiger partial charge in [0.25, 0.3) is 4.83 Å². The molecule has 0 aliphatic rings. The number of para-hydroxylation sites is 1. The maximum absolute atomic E-state index is 8.49. The van der Waals surface area contributed by atoms with E-state index in [0.717, 1.165) is 0 Å². The molecule has 0 saturated carbocycles. The number of thiazole rings is 1. The Bertz CT molecular complexity index is 658. The second kappa shape index (κ2) is 5.15. The van der Waals surface area contributed by atoms with E-state index in [1.165, 1.54) is 15.7 Å². The summed E-state index contributed by atoms with van der Waals surface area (Å²) in [5, 5.41) is 3.40. The minimum absolute atomic E-state index is 1.28. The molecular formula is C11H8ClNO4S. The number of rotatable bonds is 0. The second-order valence-corrected chi connectivity index (χ2v) is 5.06. The molecule has 1 aromatic carbocycles. The summed E-state index contributed by atoms with van der Waals surface area (Å²) in [6.07, 6.45) is 2.11. The zero-order valence-electron chi connectivity index (χ0n) is 8.99. The van der Waals surface area contributed by atoms with Crippen molar-refractivity contribution in [2.24, 2.45) is 0 Å². The molecule has 0 N–H and O–H groups in total. The van der Waals surface area contributed by atoms with E-state index in [-0.39, 0.29) is 0 Å². The highest BCUT2D eigenvalue weighted by Crippen LogP contribution is 2.13. The van der Waals surface area contributed by atoms with Crippen LogP contribution < -0.4 is 23.0 Å². The summed E-state index contributed by atoms with van der Waals surface area (Å²) in [4.78, 5) is 1.29. The maximum atomic E-state index is 8.49. The molecule has 0 spiro atoms. The fraction of sp³-hybridized carbons (Fsp3) is 0. The Labute approximate surface area is 109 Å². The van der Waals surface area contributed by atoms with Crippen LogP contribution >= 0.6 is 11.3 Å². The van der Waals surface area contributed by atoms with Gasteiger partial charge in [-0.15, -0.1) is 10.2 Å². The normalized spacial score (nSPS) is 11.3. The molecule has 3 aromatic rings. The van der Waals surface area contributed by atoms with Crippen molar-refractivity contribution in [1.82, 2.24) is 0 Å². The molecule has 0 saturated heterocycles. The van der Waals surface area contributed by atoms with Crippen molar-refractivity contribution in [3.05, 3.63) is 48.0 Å². The van der Waals surface area contributed by atoms with Crippen molar-refractivity contribution < 1.29 is 33.3 Å². The monoisotopic (exact) mass is 285 g/mol. The van der Waals surface area contributed by atoms with Crippen LogP contribution in [0.3, 0.4) is 0 Å². The zero-order chi connectivity index (χ0) is 13.2. The van der Waals surface area contributed by atoms with E-state index in [0.29, 0.717) is 0 Å². The van der Waals surface area contributed by atoms with Gasteiger partial charge in [-0.3, -0.25) is 0 Å². The van der Waals surface area contributed by atoms with E-state index in [1.807, 2.05) is 0 Å². The van der Waals surface area contributed by atoms with Gasteiger partial charge < -0.3 is 0 Å². The summed E-state index contributed by atoms with van der Waals surface area (Å²) in [6.45, 7) is 0. The first-order valence-corrected chi connectivity index (χ1v) is 6.95. The van der Waals surface area contributed by atoms with E-state index in [1.54, 1.807) is 11.3 Å². The molecule has 94 valence electrons. The van der Waals surface area contributed by atoms with Gasteiger partial charge in [0.15, 0.2) is 6.20 Å². The van der Waals surface area contributed by atoms with Crippen LogP contribution in [-0.2, 0) is 0 Å². The predicted octanol–water partition coefficient (Wildman–Crippen LogP) is -2.12. The average molecular weight is 286 g/mol. The highest BCUT2D eigenvalue weighted by molar-refractivity contribution is 7.14. The topological polar surface area (TPSA) is 96.3 Å². The molecule has 0 bridgehead atoms. The summed E-state index contributed by atoms with van der Waals surface area (Å²) < 4.78 is 36.2. The number of nitrogens with zero attached hydrogens (tertiary/aromatic N) is 1. The van der Waals surface area contributed by atoms with Crippen molar-refractivity contribution >= 4 is 27.1 Å². The Morgan fingerprint density at radius 2 is 1.61 bits per heavy atom. The van der Waals surface area contributed by atoms with Crippen LogP contribution in [0.1, 0.15) is 0 Å². The number of benzene rings is 1. The summed E-state index contributed by atoms with van der Waals surface area (Å²) >= 11 is 1.77. The van der Waals surface area contributed by atoms with Crippen LogP contribution in [0.15, 0.2) is 48.0 Å². The minimum Gasteiger partial charge on any atom is -0.222 e. The van der Waals surface area contributed by atoms with Gasteiger partial charge in [0, 0.05) is 17.5 Å². The quantitative estimate of drug-likeness (QED) is 0.441. The number of hydrogen-bond acceptors (Lipinski definition) is 5. The van der Waals surface area contributed by atoms with Gasteiger partial charge in [-0.05, 0) is 12.1 Å². The summed E-state index contributed by atoms with van der Waals surface area (Å²) in [6, 6.07) is 12.8. The summed E-state index contributed by atoms with van der Waals surface area (Å²) in [5.74, 6) is 0. The first-order chi connectivity index (χ1) is 8.45. The Morgan fingerprint density at radius 1 is 0.944 bits per heavy atom. The first-order valence-electron chi connectivity index (χ1n) is 4.83. The van der Waals surface area contributed by atoms with E-state index in [2.05, 4.69) is 52.4 Å². The molecule has 3 rings (SSSR count). The van der Waals surface area contributed by atoms with Crippen LogP contribution in [0.5, 0.6) is 0 Å². The summed E-state index contributed by atoms with van der Waals surface area (Å²) in [7, 11) is -4.94. The van der Waals surface area contributed by atoms with Crippen LogP contribution in [0.25, 0.3) is 15.7 Å². The van der Waals surface area contributed by atoms with Gasteiger partial charge in [0.1, 0.15) is 0 Å². The number of pyridine rings is 1. The fourth-order valence-electron chi connectivity index (χ4n) is 1.62. The SMILES string of the molecule is [O-][Cl+3]([O-])([O-])[O-].c1ccc2c(c1)ccc1scc[n+]12. The molecule has 0 atom stereocenters. The molecule has 7 heteroatoms. The third kappa shape index (κ3) is 3.36. The van der Waals surface area contributed by atoms with Gasteiger partial charge in [-0.25, -0.2) is 18.6 Å². The lowest BCUT2D eigenvalue weighted by Gasteiger charge is -2.17. The Balaban J connectivity index is 0.000000209. The van der Waals surface area contributed by atoms with Crippen LogP contribution in [0, 0.1) is 10.2 Å². The standard InChI is InChI=1S/C11H8NS.ClHO4/c1-2-4-10-9(3-1)5-6-11-12(10)7-8-13-11;2-1(3,4)5/h1-8H;(H,2,3,4,5)/q+1;/p-1. The molecule has 2 aromatic heterocycles. The number of hydrogen-bond donors (Lipinski definition) is 0. The molecule has 0 amide bonds. The molecule has 0 unspecified atom stereocenters. The predicted molar refractivity (Wildman–Crippen MR) is 55.0 cm³/mol. The number of fused-ring (bicyclic) bond motifs is 3. The molecule has 0 aliphatic heterocycles. The van der Waals surface area contributed by atoms with Gasteiger partial charge in [-0.1, -0.05) is 23.5 Å². The highest BCUT2D eigenvalue weighted by Gasteiger charge is 2.07. The maximum Gasteiger partial charge on any atom is 0.267 e. The van der Waals surface area contributed by atoms with Crippen molar-refractivity contribution in [3.63, 3.8) is 0 Å². The zero-order valence-corrected chi connectivity index (χ0v) is 10.6. The third-order valence-corrected chi connectivity index (χ3v) is 3.07. The van der Waals surface area contributed by atoms with Crippen LogP contribution in [0.2, 0.25) is 0 Å². The molecule has 5 nitrogen and oxygen atoms in total. The summed E-state index contributed by atoms with van der Waals surface area (Å²) in [5.41, 5.74) is 1.28. The molecule has 0 aliphatic carbocycles. The van der Waals surface area contributed by atoms with Gasteiger partial charge in [0.05, 0.1) is 5.38 Å². The van der Waals surface area contributed by atoms with Crippen molar-refractivity contribution in [2.75, 3.05) is 0 Å². The minimum atomic E-state index is -4.94. The fourth-order valence-corrected chi connectivity index (χ4v) is 2.36. The van der Waals surface area contributed by atoms with Crippen LogP contribution in [0.4, 0.5) is 0 Å². The van der Waals surface area contributed by atoms with Gasteiger partial charge >= 0.3 is 0 Å². The number of aromatic nitrogens is 1. The highest BCUT2D eigenvalue weighted by atomic mass is 35.7. The van der Waals surface area contributed by atoms with E-state index >= 15 is 0 Å². The Kier molecular flexibility index (Phi) is 3.76. The Morgan fingerprint density at radius 3 is 2.33 bits per heavy atom. The largest absolute Gasteiger partial charge is 0.267 e. The third-order valence-electron chi connectivity index (χ3n) is 2.24. The molecule has 18 heavy (non-hydrogen) atoms. The molecule has 0 radical (unpaired) electrons. The van der Waals surface area contributed by atoms with Crippen molar-refractivity contribution in [3.8, 4) is 0 Å². The second-order valence-electron chi connectivity index (χ2n) is 3.38. The number of halogens is 1. The lowest BCUT2D eigenvalue weighted by molar-refractivity contribution is -2.00. The molecular weight excluding hydrogens is 278 g/mol. The molecule has 0 fully saturated rings. The first kappa shape index (κ1) is 13.2. The van der Waals surface area contributed by atoms with E-state index < -0.39 is 10.2 Å².